The lowest BCUT2D eigenvalue weighted by Gasteiger charge is -2.35. The van der Waals surface area contributed by atoms with Crippen molar-refractivity contribution in [3.63, 3.8) is 0 Å². The number of carbonyl (C=O) groups is 8. The molecule has 0 bridgehead atoms. The van der Waals surface area contributed by atoms with Gasteiger partial charge in [-0.15, -0.1) is 5.10 Å². The quantitative estimate of drug-likeness (QED) is 0.0120. The molecular formula is C97H125BrCl2N9O21S+. The Bertz CT molecular complexity index is 5520. The minimum absolute atomic E-state index is 0.00949. The summed E-state index contributed by atoms with van der Waals surface area (Å²) >= 11 is 16.7. The average Bonchev–Trinajstić information content (AvgIpc) is 1.59. The van der Waals surface area contributed by atoms with Gasteiger partial charge in [-0.05, 0) is 172 Å². The highest BCUT2D eigenvalue weighted by Gasteiger charge is 2.64. The van der Waals surface area contributed by atoms with E-state index in [1.54, 1.807) is 77.1 Å². The molecule has 8 aliphatic rings. The number of rotatable bonds is 37. The van der Waals surface area contributed by atoms with Crippen LogP contribution in [0.25, 0.3) is 33.4 Å². The fourth-order valence-corrected chi connectivity index (χ4v) is 21.4. The number of carbonyl (C=O) groups excluding carboxylic acids is 8. The zero-order valence-electron chi connectivity index (χ0n) is 77.5. The second-order valence-corrected chi connectivity index (χ2v) is 42.5. The molecule has 6 saturated carbocycles. The molecule has 710 valence electrons. The number of likely N-dealkylation sites (tertiary alicyclic amines) is 2. The summed E-state index contributed by atoms with van der Waals surface area (Å²) in [7, 11) is 1.62. The van der Waals surface area contributed by atoms with Crippen molar-refractivity contribution >= 4 is 124 Å². The molecule has 7 aromatic rings. The highest BCUT2D eigenvalue weighted by molar-refractivity contribution is 9.10. The van der Waals surface area contributed by atoms with Crippen LogP contribution in [0, 0.1) is 81.8 Å². The molecule has 0 radical (unpaired) electrons. The number of Topliss-reactive ketones (excluding diaryl/α,β-unsaturated/α-hetero) is 2. The van der Waals surface area contributed by atoms with Gasteiger partial charge in [0.1, 0.15) is 64.6 Å². The number of fused-ring (bicyclic) bond motifs is 4. The van der Waals surface area contributed by atoms with Crippen LogP contribution in [0.4, 0.5) is 5.82 Å². The predicted octanol–water partition coefficient (Wildman–Crippen LogP) is 15.7. The van der Waals surface area contributed by atoms with Crippen LogP contribution in [0.2, 0.25) is 10.0 Å². The third-order valence-corrected chi connectivity index (χ3v) is 29.7. The topological polar surface area (TPSA) is 363 Å². The van der Waals surface area contributed by atoms with Crippen molar-refractivity contribution < 1.29 is 93.6 Å². The Balaban J connectivity index is 0.000000180. The first-order valence-corrected chi connectivity index (χ1v) is 48.6. The second kappa shape index (κ2) is 41.3. The first kappa shape index (κ1) is 99.3. The lowest BCUT2D eigenvalue weighted by molar-refractivity contribution is -0.157. The molecule has 2 amide bonds. The minimum atomic E-state index is -4.21. The van der Waals surface area contributed by atoms with E-state index in [2.05, 4.69) is 52.1 Å². The lowest BCUT2D eigenvalue weighted by atomic mass is 9.77. The number of aromatic amines is 1. The number of pyridine rings is 2. The lowest BCUT2D eigenvalue weighted by Crippen LogP contribution is -2.48. The van der Waals surface area contributed by atoms with Crippen LogP contribution >= 0.6 is 39.1 Å². The van der Waals surface area contributed by atoms with Crippen LogP contribution in [-0.2, 0) is 87.5 Å². The molecule has 3 unspecified atom stereocenters. The van der Waals surface area contributed by atoms with Gasteiger partial charge in [0.05, 0.1) is 116 Å². The highest BCUT2D eigenvalue weighted by atomic mass is 79.9. The van der Waals surface area contributed by atoms with Crippen LogP contribution in [0.5, 0.6) is 17.2 Å². The number of ketones is 2. The van der Waals surface area contributed by atoms with Crippen molar-refractivity contribution in [2.75, 3.05) is 73.3 Å². The summed E-state index contributed by atoms with van der Waals surface area (Å²) in [5.74, 6) is 1.33. The fraction of sp³-hybridized carbons (Fsp3) is 0.598. The van der Waals surface area contributed by atoms with E-state index in [0.717, 1.165) is 44.2 Å². The molecule has 8 fully saturated rings. The number of ether oxygens (including phenoxy) is 9. The maximum Gasteiger partial charge on any atom is 0.312 e. The largest absolute Gasteiger partial charge is 0.490 e. The van der Waals surface area contributed by atoms with Gasteiger partial charge < -0.3 is 62.7 Å². The molecule has 131 heavy (non-hydrogen) atoms. The number of methoxy groups -OCH3 is 4. The number of hydrogen-bond acceptors (Lipinski definition) is 25. The van der Waals surface area contributed by atoms with Crippen molar-refractivity contribution in [1.82, 2.24) is 39.3 Å². The number of aromatic nitrogens is 6. The summed E-state index contributed by atoms with van der Waals surface area (Å²) in [5.41, 5.74) is -1.48. The van der Waals surface area contributed by atoms with E-state index in [1.807, 2.05) is 80.6 Å². The van der Waals surface area contributed by atoms with Crippen LogP contribution < -0.4 is 25.0 Å². The van der Waals surface area contributed by atoms with E-state index in [1.165, 1.54) is 50.2 Å². The molecule has 30 nitrogen and oxygen atoms in total. The van der Waals surface area contributed by atoms with Crippen LogP contribution in [0.3, 0.4) is 0 Å². The van der Waals surface area contributed by atoms with E-state index in [9.17, 15) is 51.6 Å². The zero-order valence-corrected chi connectivity index (χ0v) is 81.5. The van der Waals surface area contributed by atoms with Gasteiger partial charge in [0.25, 0.3) is 10.1 Å². The summed E-state index contributed by atoms with van der Waals surface area (Å²) in [6.45, 7) is 26.7. The van der Waals surface area contributed by atoms with Gasteiger partial charge >= 0.3 is 23.9 Å². The molecule has 4 aromatic heterocycles. The van der Waals surface area contributed by atoms with Crippen molar-refractivity contribution in [2.45, 2.75) is 233 Å². The SMILES string of the molecule is CC[C@@H]1C[C@]1(CC(=O)[C@@H]1C[C@@H](Oc2cc(-n3ccc(CC(C)C)n3)nc3c(Cl)c(OCCOC)ccc23)CN1C(=O)[C@@H](CC(=O)OC1C[C@@H]2C[C@@H]2C1)C(C)(C)C)C(=O)OC.CC[C@@H]1C[C@]1(CC(=O)[C@@H]1C[C@H](OS(=O)(=O)c2ccc(Br)cc2)CN1C(=O)[C@@H](CC(=O)OC1C[C@@H]2C[C@@H]2C1)C(C)(C)C)C(=O)OC.[CH2+]C(C)Nc1ccn(-c2cc(=O)c3ccc(OCCOC)c(Cl)c3[nH]2)n1. The number of benzene rings is 3. The molecular weight excluding hydrogens is 1810 g/mol. The molecule has 6 aliphatic carbocycles. The van der Waals surface area contributed by atoms with Gasteiger partial charge in [0.2, 0.25) is 11.8 Å². The van der Waals surface area contributed by atoms with Crippen molar-refractivity contribution in [3.8, 4) is 28.9 Å². The number of H-pyrrole nitrogens is 1. The van der Waals surface area contributed by atoms with Gasteiger partial charge in [0, 0.05) is 92.3 Å². The Hall–Kier alpha value is -9.18. The number of nitrogens with one attached hydrogen (secondary N) is 2. The van der Waals surface area contributed by atoms with Crippen molar-refractivity contribution in [3.05, 3.63) is 123 Å². The number of hydrogen-bond donors (Lipinski definition) is 2. The van der Waals surface area contributed by atoms with Crippen molar-refractivity contribution in [1.29, 1.82) is 0 Å². The van der Waals surface area contributed by atoms with Crippen LogP contribution in [0.15, 0.2) is 99.4 Å². The highest BCUT2D eigenvalue weighted by Crippen LogP contribution is 2.60. The smallest absolute Gasteiger partial charge is 0.312 e. The van der Waals surface area contributed by atoms with E-state index in [-0.39, 0.29) is 116 Å². The first-order valence-electron chi connectivity index (χ1n) is 45.6. The van der Waals surface area contributed by atoms with Gasteiger partial charge in [0.15, 0.2) is 34.7 Å². The Morgan fingerprint density at radius 1 is 0.603 bits per heavy atom. The Labute approximate surface area is 784 Å². The molecule has 3 aromatic carbocycles. The van der Waals surface area contributed by atoms with Gasteiger partial charge in [-0.25, -0.2) is 14.3 Å². The second-order valence-electron chi connectivity index (χ2n) is 39.3. The maximum absolute atomic E-state index is 14.9. The van der Waals surface area contributed by atoms with E-state index in [0.29, 0.717) is 140 Å². The van der Waals surface area contributed by atoms with Gasteiger partial charge in [-0.3, -0.25) is 47.3 Å². The van der Waals surface area contributed by atoms with Crippen LogP contribution in [-0.4, -0.2) is 206 Å². The third-order valence-electron chi connectivity index (χ3n) is 27.1. The summed E-state index contributed by atoms with van der Waals surface area (Å²) in [4.78, 5) is 134. The Kier molecular flexibility index (Phi) is 31.3. The van der Waals surface area contributed by atoms with E-state index >= 15 is 0 Å². The number of esters is 4. The summed E-state index contributed by atoms with van der Waals surface area (Å²) < 4.78 is 86.4. The van der Waals surface area contributed by atoms with E-state index < -0.39 is 97.7 Å². The standard InChI is InChI=1S/C46H61ClN4O9.C33H44BrNO9S.C18H19ClN4O3/c1-9-29-23-46(29,44(55)57-8)24-36(52)35-20-32(25-50(35)43(54)34(45(4,5)6)21-40(53)60-31-18-27-17-28(27)19-31)59-38-22-39(51-13-12-30(49-51)16-26(2)3)48-42-33(38)10-11-37(41(42)47)58-15-14-56-7;1-6-21-16-33(21,31(39)42-5)17-28(36)27-14-24(44-45(40,41)25-9-7-22(34)8-10-25)18-35(27)30(38)26(32(2,3)4)15-29(37)43-23-12-19-11-20(19)13-23;1-11(2)20-15-6-7-23(22-15)16-10-13(24)12-4-5-14(26-9-8-25-3)17(19)18(12)21-16/h10-13,22,26-29,31-32,34-35H,9,14-21,23-25H2,1-8H3;7-10,19-21,23-24,26-27H,6,11-18H2,1-5H3;4-7,10-11H,1,8-9H2,2-3H3,(H-,20,21,22,24)/p+1/t27-,28+,29-,31?,32-,34-,35+,46-;19-,20+,21-,23?,24+,26-,27+,33-;/m11./s1. The number of anilines is 1. The minimum Gasteiger partial charge on any atom is -0.490 e. The zero-order chi connectivity index (χ0) is 94.7. The number of nitrogens with zero attached hydrogens (tertiary/aromatic N) is 7. The summed E-state index contributed by atoms with van der Waals surface area (Å²) in [5, 5.41) is 14.0. The monoisotopic (exact) mass is 1930 g/mol. The number of halogens is 3. The molecule has 2 saturated heterocycles. The molecule has 15 rings (SSSR count). The number of amides is 2. The Morgan fingerprint density at radius 2 is 1.10 bits per heavy atom. The van der Waals surface area contributed by atoms with Gasteiger partial charge in [-0.2, -0.15) is 13.5 Å². The summed E-state index contributed by atoms with van der Waals surface area (Å²) in [6.07, 6.45) is 10.6. The molecule has 0 spiro atoms. The maximum atomic E-state index is 14.9. The average molecular weight is 1940 g/mol. The fourth-order valence-electron chi connectivity index (χ4n) is 19.6. The molecule has 34 heteroatoms. The molecule has 17 atom stereocenters. The predicted molar refractivity (Wildman–Crippen MR) is 495 cm³/mol. The summed E-state index contributed by atoms with van der Waals surface area (Å²) in [6, 6.07) is 18.1. The van der Waals surface area contributed by atoms with Crippen LogP contribution in [0.1, 0.15) is 185 Å². The van der Waals surface area contributed by atoms with Crippen molar-refractivity contribution in [2.24, 2.45) is 74.9 Å². The van der Waals surface area contributed by atoms with E-state index in [4.69, 9.17) is 80.1 Å². The molecule has 2 N–H and O–H groups in total. The Morgan fingerprint density at radius 3 is 1.58 bits per heavy atom. The normalized spacial score (nSPS) is 25.2. The molecule has 2 aliphatic heterocycles. The van der Waals surface area contributed by atoms with Gasteiger partial charge in [-0.1, -0.05) is 121 Å². The first-order chi connectivity index (χ1) is 62.1. The third kappa shape index (κ3) is 23.4. The molecule has 6 heterocycles.